The summed E-state index contributed by atoms with van der Waals surface area (Å²) in [7, 11) is 0. The molecule has 0 bridgehead atoms. The van der Waals surface area contributed by atoms with Crippen molar-refractivity contribution in [2.24, 2.45) is 0 Å². The van der Waals surface area contributed by atoms with Gasteiger partial charge in [0.25, 0.3) is 0 Å². The predicted molar refractivity (Wildman–Crippen MR) is 91.0 cm³/mol. The number of nitrogens with zero attached hydrogens (tertiary/aromatic N) is 1. The topological polar surface area (TPSA) is 94.2 Å². The molecule has 1 rings (SSSR count). The van der Waals surface area contributed by atoms with Crippen molar-refractivity contribution in [1.29, 1.82) is 0 Å². The molecule has 0 unspecified atom stereocenters. The van der Waals surface area contributed by atoms with Gasteiger partial charge in [0.15, 0.2) is 0 Å². The number of carbonyl (C=O) groups is 3. The fourth-order valence-corrected chi connectivity index (χ4v) is 2.25. The first-order valence-electron chi connectivity index (χ1n) is 8.73. The molecule has 8 heteroatoms. The Bertz CT molecular complexity index is 461. The molecule has 0 aromatic rings. The molecule has 0 aliphatic carbocycles. The van der Waals surface area contributed by atoms with Gasteiger partial charge in [-0.05, 0) is 34.1 Å². The molecule has 0 aromatic carbocycles. The minimum atomic E-state index is -0.554. The monoisotopic (exact) mass is 358 g/mol. The Morgan fingerprint density at radius 3 is 2.60 bits per heavy atom. The summed E-state index contributed by atoms with van der Waals surface area (Å²) in [6.07, 6.45) is 0.164. The molecule has 0 spiro atoms. The molecule has 1 saturated heterocycles. The lowest BCUT2D eigenvalue weighted by Crippen LogP contribution is -2.49. The van der Waals surface area contributed by atoms with Crippen molar-refractivity contribution >= 4 is 18.0 Å². The van der Waals surface area contributed by atoms with Crippen LogP contribution in [0.3, 0.4) is 0 Å². The molecular weight excluding hydrogens is 328 g/mol. The zero-order valence-corrected chi connectivity index (χ0v) is 15.6. The maximum atomic E-state index is 12.1. The van der Waals surface area contributed by atoms with Crippen LogP contribution in [0.2, 0.25) is 0 Å². The fraction of sp³-hybridized carbons (Fsp3) is 0.824. The van der Waals surface area contributed by atoms with Gasteiger partial charge in [-0.2, -0.15) is 0 Å². The molecule has 144 valence electrons. The van der Waals surface area contributed by atoms with E-state index >= 15 is 0 Å². The molecule has 2 amide bonds. The summed E-state index contributed by atoms with van der Waals surface area (Å²) in [5, 5.41) is 2.67. The second-order valence-electron chi connectivity index (χ2n) is 6.91. The van der Waals surface area contributed by atoms with Crippen molar-refractivity contribution in [1.82, 2.24) is 10.2 Å². The van der Waals surface area contributed by atoms with Gasteiger partial charge in [-0.1, -0.05) is 0 Å². The van der Waals surface area contributed by atoms with Crippen LogP contribution in [0.5, 0.6) is 0 Å². The van der Waals surface area contributed by atoms with E-state index in [9.17, 15) is 14.4 Å². The Labute approximate surface area is 149 Å². The van der Waals surface area contributed by atoms with Crippen molar-refractivity contribution in [2.75, 3.05) is 32.8 Å². The highest BCUT2D eigenvalue weighted by atomic mass is 16.6. The number of carbonyl (C=O) groups excluding carboxylic acids is 3. The Balaban J connectivity index is 2.26. The van der Waals surface area contributed by atoms with E-state index in [-0.39, 0.29) is 31.0 Å². The molecule has 1 aliphatic rings. The van der Waals surface area contributed by atoms with E-state index in [4.69, 9.17) is 14.2 Å². The summed E-state index contributed by atoms with van der Waals surface area (Å²) in [6.45, 7) is 9.08. The Morgan fingerprint density at radius 2 is 1.96 bits per heavy atom. The van der Waals surface area contributed by atoms with Crippen LogP contribution >= 0.6 is 0 Å². The molecule has 8 nitrogen and oxygen atoms in total. The highest BCUT2D eigenvalue weighted by Gasteiger charge is 2.28. The number of rotatable bonds is 7. The van der Waals surface area contributed by atoms with Crippen molar-refractivity contribution in [3.63, 3.8) is 0 Å². The summed E-state index contributed by atoms with van der Waals surface area (Å²) in [5.74, 6) is -0.443. The lowest BCUT2D eigenvalue weighted by molar-refractivity contribution is -0.150. The minimum Gasteiger partial charge on any atom is -0.463 e. The van der Waals surface area contributed by atoms with Crippen molar-refractivity contribution < 1.29 is 28.6 Å². The van der Waals surface area contributed by atoms with Gasteiger partial charge < -0.3 is 24.4 Å². The van der Waals surface area contributed by atoms with Crippen molar-refractivity contribution in [2.45, 2.75) is 58.7 Å². The van der Waals surface area contributed by atoms with Gasteiger partial charge in [0.05, 0.1) is 13.2 Å². The summed E-state index contributed by atoms with van der Waals surface area (Å²) in [6, 6.07) is 0. The van der Waals surface area contributed by atoms with E-state index in [1.807, 2.05) is 27.7 Å². The van der Waals surface area contributed by atoms with Gasteiger partial charge in [-0.25, -0.2) is 4.79 Å². The van der Waals surface area contributed by atoms with Gasteiger partial charge in [-0.3, -0.25) is 9.59 Å². The molecule has 0 radical (unpaired) electrons. The molecule has 0 aromatic heterocycles. The molecule has 25 heavy (non-hydrogen) atoms. The third-order valence-electron chi connectivity index (χ3n) is 3.38. The van der Waals surface area contributed by atoms with E-state index in [2.05, 4.69) is 5.32 Å². The Kier molecular flexibility index (Phi) is 8.68. The standard InChI is InChI=1S/C17H30N2O6/c1-5-18-14(20)7-6-8-15(21)24-12-13-11-19(9-10-23-13)16(22)25-17(2,3)4/h13H,5-12H2,1-4H3,(H,18,20)/t13-/m0/s1. The van der Waals surface area contributed by atoms with Crippen LogP contribution in [0.1, 0.15) is 47.0 Å². The van der Waals surface area contributed by atoms with Crippen molar-refractivity contribution in [3.05, 3.63) is 0 Å². The zero-order valence-electron chi connectivity index (χ0n) is 15.6. The van der Waals surface area contributed by atoms with Crippen LogP contribution in [-0.2, 0) is 23.8 Å². The summed E-state index contributed by atoms with van der Waals surface area (Å²) >= 11 is 0. The summed E-state index contributed by atoms with van der Waals surface area (Å²) in [5.41, 5.74) is -0.554. The average molecular weight is 358 g/mol. The summed E-state index contributed by atoms with van der Waals surface area (Å²) in [4.78, 5) is 36.6. The normalized spacial score (nSPS) is 17.8. The second kappa shape index (κ2) is 10.2. The van der Waals surface area contributed by atoms with E-state index < -0.39 is 11.7 Å². The smallest absolute Gasteiger partial charge is 0.410 e. The lowest BCUT2D eigenvalue weighted by Gasteiger charge is -2.33. The number of amides is 2. The highest BCUT2D eigenvalue weighted by molar-refractivity contribution is 5.76. The summed E-state index contributed by atoms with van der Waals surface area (Å²) < 4.78 is 16.0. The number of esters is 1. The van der Waals surface area contributed by atoms with Gasteiger partial charge >= 0.3 is 12.1 Å². The molecule has 0 saturated carbocycles. The third-order valence-corrected chi connectivity index (χ3v) is 3.38. The van der Waals surface area contributed by atoms with Gasteiger partial charge in [0, 0.05) is 25.9 Å². The highest BCUT2D eigenvalue weighted by Crippen LogP contribution is 2.13. The van der Waals surface area contributed by atoms with Crippen LogP contribution in [0, 0.1) is 0 Å². The van der Waals surface area contributed by atoms with Crippen LogP contribution in [0.4, 0.5) is 4.79 Å². The molecule has 1 atom stereocenters. The molecular formula is C17H30N2O6. The van der Waals surface area contributed by atoms with Crippen LogP contribution in [0.25, 0.3) is 0 Å². The van der Waals surface area contributed by atoms with Gasteiger partial charge in [0.2, 0.25) is 5.91 Å². The number of hydrogen-bond acceptors (Lipinski definition) is 6. The van der Waals surface area contributed by atoms with Gasteiger partial charge in [-0.15, -0.1) is 0 Å². The van der Waals surface area contributed by atoms with E-state index in [0.29, 0.717) is 39.1 Å². The second-order valence-corrected chi connectivity index (χ2v) is 6.91. The van der Waals surface area contributed by atoms with E-state index in [1.165, 1.54) is 0 Å². The van der Waals surface area contributed by atoms with E-state index in [0.717, 1.165) is 0 Å². The molecule has 1 aliphatic heterocycles. The largest absolute Gasteiger partial charge is 0.463 e. The maximum Gasteiger partial charge on any atom is 0.410 e. The number of morpholine rings is 1. The number of nitrogens with one attached hydrogen (secondary N) is 1. The Morgan fingerprint density at radius 1 is 1.24 bits per heavy atom. The van der Waals surface area contributed by atoms with Crippen LogP contribution < -0.4 is 5.32 Å². The zero-order chi connectivity index (χ0) is 18.9. The van der Waals surface area contributed by atoms with Crippen LogP contribution in [-0.4, -0.2) is 67.4 Å². The van der Waals surface area contributed by atoms with Crippen molar-refractivity contribution in [3.8, 4) is 0 Å². The third kappa shape index (κ3) is 9.28. The number of hydrogen-bond donors (Lipinski definition) is 1. The van der Waals surface area contributed by atoms with Gasteiger partial charge in [0.1, 0.15) is 18.3 Å². The first kappa shape index (κ1) is 21.2. The molecule has 1 N–H and O–H groups in total. The fourth-order valence-electron chi connectivity index (χ4n) is 2.25. The first-order chi connectivity index (χ1) is 11.7. The molecule has 1 fully saturated rings. The quantitative estimate of drug-likeness (QED) is 0.693. The van der Waals surface area contributed by atoms with Crippen LogP contribution in [0.15, 0.2) is 0 Å². The predicted octanol–water partition coefficient (Wildman–Crippen LogP) is 1.47. The SMILES string of the molecule is CCNC(=O)CCCC(=O)OC[C@@H]1CN(C(=O)OC(C)(C)C)CCO1. The first-order valence-corrected chi connectivity index (χ1v) is 8.73. The molecule has 1 heterocycles. The lowest BCUT2D eigenvalue weighted by atomic mass is 10.2. The maximum absolute atomic E-state index is 12.1. The average Bonchev–Trinajstić information content (AvgIpc) is 2.52. The number of ether oxygens (including phenoxy) is 3. The minimum absolute atomic E-state index is 0.0704. The van der Waals surface area contributed by atoms with E-state index in [1.54, 1.807) is 4.90 Å². The Hall–Kier alpha value is -1.83.